The zero-order chi connectivity index (χ0) is 20.1. The molecule has 4 heteroatoms. The molecule has 0 saturated carbocycles. The molecule has 0 saturated heterocycles. The van der Waals surface area contributed by atoms with Gasteiger partial charge in [-0.05, 0) is 30.4 Å². The van der Waals surface area contributed by atoms with Gasteiger partial charge in [0.15, 0.2) is 0 Å². The maximum Gasteiger partial charge on any atom is 0.338 e. The molecule has 1 N–H and O–H groups in total. The monoisotopic (exact) mass is 374 g/mol. The first-order valence-corrected chi connectivity index (χ1v) is 9.90. The average molecular weight is 375 g/mol. The second-order valence-corrected chi connectivity index (χ2v) is 6.97. The van der Waals surface area contributed by atoms with Crippen molar-refractivity contribution in [1.29, 1.82) is 0 Å². The Kier molecular flexibility index (Phi) is 11.2. The lowest BCUT2D eigenvalue weighted by atomic mass is 10.0. The van der Waals surface area contributed by atoms with Crippen LogP contribution in [-0.4, -0.2) is 23.8 Å². The van der Waals surface area contributed by atoms with Gasteiger partial charge in [0.05, 0.1) is 24.9 Å². The van der Waals surface area contributed by atoms with Crippen LogP contribution < -0.4 is 0 Å². The number of unbranched alkanes of at least 4 members (excludes halogenated alkanes) is 2. The van der Waals surface area contributed by atoms with E-state index in [4.69, 9.17) is 9.47 Å². The van der Waals surface area contributed by atoms with Gasteiger partial charge in [0, 0.05) is 0 Å². The summed E-state index contributed by atoms with van der Waals surface area (Å²) in [6, 6.07) is 9.90. The molecule has 0 spiro atoms. The molecule has 4 nitrogen and oxygen atoms in total. The molecule has 2 atom stereocenters. The van der Waals surface area contributed by atoms with Gasteiger partial charge in [-0.1, -0.05) is 76.9 Å². The third kappa shape index (κ3) is 9.43. The number of hydrogen-bond acceptors (Lipinski definition) is 3. The van der Waals surface area contributed by atoms with Crippen molar-refractivity contribution in [3.63, 3.8) is 0 Å². The summed E-state index contributed by atoms with van der Waals surface area (Å²) in [7, 11) is 0. The second-order valence-electron chi connectivity index (χ2n) is 6.97. The molecule has 1 rings (SSSR count). The van der Waals surface area contributed by atoms with E-state index in [-0.39, 0.29) is 11.7 Å². The lowest BCUT2D eigenvalue weighted by Crippen LogP contribution is -2.15. The van der Waals surface area contributed by atoms with Crippen molar-refractivity contribution in [3.8, 4) is 0 Å². The zero-order valence-corrected chi connectivity index (χ0v) is 16.9. The van der Waals surface area contributed by atoms with Gasteiger partial charge in [-0.25, -0.2) is 4.79 Å². The lowest BCUT2D eigenvalue weighted by molar-refractivity contribution is -0.132. The fourth-order valence-electron chi connectivity index (χ4n) is 2.63. The van der Waals surface area contributed by atoms with E-state index >= 15 is 0 Å². The van der Waals surface area contributed by atoms with Gasteiger partial charge < -0.3 is 14.6 Å². The van der Waals surface area contributed by atoms with Crippen LogP contribution >= 0.6 is 0 Å². The molecule has 2 unspecified atom stereocenters. The van der Waals surface area contributed by atoms with Crippen molar-refractivity contribution in [2.24, 2.45) is 5.92 Å². The van der Waals surface area contributed by atoms with Crippen LogP contribution in [0.4, 0.5) is 0 Å². The number of carbonyl (C=O) groups is 1. The fraction of sp³-hybridized carbons (Fsp3) is 0.522. The van der Waals surface area contributed by atoms with Gasteiger partial charge in [-0.15, -0.1) is 0 Å². The van der Waals surface area contributed by atoms with E-state index in [1.165, 1.54) is 12.8 Å². The number of aliphatic carboxylic acids is 1. The van der Waals surface area contributed by atoms with Crippen LogP contribution in [-0.2, 0) is 20.9 Å². The summed E-state index contributed by atoms with van der Waals surface area (Å²) >= 11 is 0. The number of benzene rings is 1. The molecule has 0 aliphatic heterocycles. The van der Waals surface area contributed by atoms with Gasteiger partial charge in [0.25, 0.3) is 0 Å². The summed E-state index contributed by atoms with van der Waals surface area (Å²) in [4.78, 5) is 11.4. The SMILES string of the molecule is C=C(C(=O)O)/C(=C\C(CC)OCc1ccccc1)OCC(C)CCCCC. The van der Waals surface area contributed by atoms with Crippen LogP contribution in [0, 0.1) is 5.92 Å². The number of rotatable bonds is 14. The van der Waals surface area contributed by atoms with Crippen LogP contribution in [0.5, 0.6) is 0 Å². The van der Waals surface area contributed by atoms with E-state index < -0.39 is 5.97 Å². The normalized spacial score (nSPS) is 13.8. The molecule has 0 amide bonds. The summed E-state index contributed by atoms with van der Waals surface area (Å²) in [6.45, 7) is 10.9. The van der Waals surface area contributed by atoms with Crippen molar-refractivity contribution >= 4 is 5.97 Å². The molecule has 0 bridgehead atoms. The zero-order valence-electron chi connectivity index (χ0n) is 16.9. The lowest BCUT2D eigenvalue weighted by Gasteiger charge is -2.18. The molecule has 0 fully saturated rings. The highest BCUT2D eigenvalue weighted by Crippen LogP contribution is 2.18. The van der Waals surface area contributed by atoms with Gasteiger partial charge >= 0.3 is 5.97 Å². The Morgan fingerprint density at radius 3 is 2.52 bits per heavy atom. The van der Waals surface area contributed by atoms with Crippen LogP contribution in [0.3, 0.4) is 0 Å². The average Bonchev–Trinajstić information content (AvgIpc) is 2.68. The molecule has 1 aromatic carbocycles. The molecule has 27 heavy (non-hydrogen) atoms. The van der Waals surface area contributed by atoms with Gasteiger partial charge in [0.2, 0.25) is 0 Å². The van der Waals surface area contributed by atoms with Gasteiger partial charge in [-0.2, -0.15) is 0 Å². The van der Waals surface area contributed by atoms with E-state index in [1.54, 1.807) is 6.08 Å². The maximum absolute atomic E-state index is 11.4. The highest BCUT2D eigenvalue weighted by Gasteiger charge is 2.16. The Balaban J connectivity index is 2.71. The minimum Gasteiger partial charge on any atom is -0.493 e. The maximum atomic E-state index is 11.4. The Labute approximate surface area is 163 Å². The Morgan fingerprint density at radius 2 is 1.93 bits per heavy atom. The molecule has 0 aliphatic rings. The summed E-state index contributed by atoms with van der Waals surface area (Å²) in [5.41, 5.74) is 1.05. The van der Waals surface area contributed by atoms with Crippen LogP contribution in [0.2, 0.25) is 0 Å². The molecule has 150 valence electrons. The van der Waals surface area contributed by atoms with E-state index in [9.17, 15) is 9.90 Å². The Bertz CT molecular complexity index is 592. The predicted octanol–water partition coefficient (Wildman–Crippen LogP) is 5.74. The van der Waals surface area contributed by atoms with E-state index in [2.05, 4.69) is 20.4 Å². The van der Waals surface area contributed by atoms with Crippen LogP contribution in [0.15, 0.2) is 54.3 Å². The van der Waals surface area contributed by atoms with Crippen LogP contribution in [0.25, 0.3) is 0 Å². The molecule has 0 aliphatic carbocycles. The van der Waals surface area contributed by atoms with Crippen molar-refractivity contribution in [2.75, 3.05) is 6.61 Å². The predicted molar refractivity (Wildman–Crippen MR) is 109 cm³/mol. The minimum absolute atomic E-state index is 0.0301. The summed E-state index contributed by atoms with van der Waals surface area (Å²) < 4.78 is 11.8. The highest BCUT2D eigenvalue weighted by molar-refractivity contribution is 5.90. The highest BCUT2D eigenvalue weighted by atomic mass is 16.5. The molecule has 0 aromatic heterocycles. The van der Waals surface area contributed by atoms with Crippen molar-refractivity contribution in [3.05, 3.63) is 59.9 Å². The molecular weight excluding hydrogens is 340 g/mol. The third-order valence-corrected chi connectivity index (χ3v) is 4.43. The first-order valence-electron chi connectivity index (χ1n) is 9.90. The van der Waals surface area contributed by atoms with Crippen molar-refractivity contribution in [2.45, 2.75) is 65.6 Å². The summed E-state index contributed by atoms with van der Waals surface area (Å²) in [5.74, 6) is -0.394. The summed E-state index contributed by atoms with van der Waals surface area (Å²) in [6.07, 6.45) is 6.87. The molecular formula is C23H34O4. The molecule has 1 aromatic rings. The van der Waals surface area contributed by atoms with Crippen molar-refractivity contribution < 1.29 is 19.4 Å². The Morgan fingerprint density at radius 1 is 1.22 bits per heavy atom. The molecule has 0 radical (unpaired) electrons. The van der Waals surface area contributed by atoms with E-state index in [0.29, 0.717) is 24.9 Å². The topological polar surface area (TPSA) is 55.8 Å². The van der Waals surface area contributed by atoms with E-state index in [1.807, 2.05) is 37.3 Å². The quantitative estimate of drug-likeness (QED) is 0.195. The largest absolute Gasteiger partial charge is 0.493 e. The Hall–Kier alpha value is -2.07. The van der Waals surface area contributed by atoms with Gasteiger partial charge in [0.1, 0.15) is 5.76 Å². The fourth-order valence-corrected chi connectivity index (χ4v) is 2.63. The first kappa shape index (κ1) is 23.0. The first-order chi connectivity index (χ1) is 13.0. The van der Waals surface area contributed by atoms with Crippen LogP contribution in [0.1, 0.15) is 58.4 Å². The number of carboxylic acid groups (broad SMARTS) is 1. The number of ether oxygens (including phenoxy) is 2. The second kappa shape index (κ2) is 13.2. The summed E-state index contributed by atoms with van der Waals surface area (Å²) in [5, 5.41) is 9.32. The van der Waals surface area contributed by atoms with E-state index in [0.717, 1.165) is 24.8 Å². The minimum atomic E-state index is -1.07. The van der Waals surface area contributed by atoms with Gasteiger partial charge in [-0.3, -0.25) is 0 Å². The standard InChI is InChI=1S/C23H34O4/c1-5-7-9-12-18(3)16-27-22(19(4)23(24)25)15-21(6-2)26-17-20-13-10-8-11-14-20/h8,10-11,13-15,18,21H,4-7,9,12,16-17H2,1-3H3,(H,24,25)/b22-15+. The number of hydrogen-bond donors (Lipinski definition) is 1. The number of carboxylic acids is 1. The molecule has 0 heterocycles. The van der Waals surface area contributed by atoms with Crippen molar-refractivity contribution in [1.82, 2.24) is 0 Å². The third-order valence-electron chi connectivity index (χ3n) is 4.43. The smallest absolute Gasteiger partial charge is 0.338 e.